The van der Waals surface area contributed by atoms with E-state index in [0.29, 0.717) is 18.4 Å². The largest absolute Gasteiger partial charge is 0.444 e. The lowest BCUT2D eigenvalue weighted by Gasteiger charge is -2.35. The monoisotopic (exact) mass is 839 g/mol. The normalized spacial score (nSPS) is 15.0. The quantitative estimate of drug-likeness (QED) is 0.139. The van der Waals surface area contributed by atoms with Crippen LogP contribution in [0.2, 0.25) is 0 Å². The first-order chi connectivity index (χ1) is 29.1. The number of aromatic nitrogens is 6. The van der Waals surface area contributed by atoms with E-state index in [9.17, 15) is 9.59 Å². The molecule has 2 amide bonds. The lowest BCUT2D eigenvalue weighted by molar-refractivity contribution is 0.0176. The van der Waals surface area contributed by atoms with E-state index in [0.717, 1.165) is 107 Å². The molecule has 0 spiro atoms. The van der Waals surface area contributed by atoms with Crippen LogP contribution >= 0.6 is 0 Å². The lowest BCUT2D eigenvalue weighted by Crippen LogP contribution is -2.43. The fraction of sp³-hybridized carbons (Fsp3) is 0.556. The third-order valence-electron chi connectivity index (χ3n) is 10.3. The van der Waals surface area contributed by atoms with Crippen molar-refractivity contribution in [3.05, 3.63) is 85.0 Å². The van der Waals surface area contributed by atoms with Crippen LogP contribution in [0.4, 0.5) is 32.9 Å². The zero-order valence-corrected chi connectivity index (χ0v) is 37.4. The summed E-state index contributed by atoms with van der Waals surface area (Å²) in [6, 6.07) is 11.9. The molecule has 0 saturated carbocycles. The van der Waals surface area contributed by atoms with Gasteiger partial charge in [-0.1, -0.05) is 12.1 Å². The molecule has 61 heavy (non-hydrogen) atoms. The molecule has 4 aromatic rings. The molecule has 0 radical (unpaired) electrons. The first-order valence-electron chi connectivity index (χ1n) is 21.4. The van der Waals surface area contributed by atoms with Crippen LogP contribution in [0.25, 0.3) is 0 Å². The molecule has 2 aliphatic heterocycles. The Labute approximate surface area is 361 Å². The molecule has 4 aromatic heterocycles. The number of nitrogens with zero attached hydrogens (tertiary/aromatic N) is 10. The van der Waals surface area contributed by atoms with Crippen molar-refractivity contribution in [2.24, 2.45) is 11.8 Å². The van der Waals surface area contributed by atoms with Gasteiger partial charge in [0.15, 0.2) is 0 Å². The Morgan fingerprint density at radius 2 is 1.11 bits per heavy atom. The minimum absolute atomic E-state index is 0.211. The van der Waals surface area contributed by atoms with Crippen LogP contribution in [-0.2, 0) is 22.4 Å². The summed E-state index contributed by atoms with van der Waals surface area (Å²) in [4.78, 5) is 58.2. The molecule has 2 fully saturated rings. The third kappa shape index (κ3) is 16.3. The molecule has 2 N–H and O–H groups in total. The maximum atomic E-state index is 12.2. The molecular weight excluding hydrogens is 773 g/mol. The number of hydrogen-bond acceptors (Lipinski definition) is 14. The summed E-state index contributed by atoms with van der Waals surface area (Å²) in [7, 11) is 4.11. The van der Waals surface area contributed by atoms with Crippen LogP contribution in [0, 0.1) is 11.8 Å². The predicted octanol–water partition coefficient (Wildman–Crippen LogP) is 7.18. The fourth-order valence-corrected chi connectivity index (χ4v) is 7.09. The van der Waals surface area contributed by atoms with Crippen LogP contribution in [0.5, 0.6) is 0 Å². The second-order valence-corrected chi connectivity index (χ2v) is 17.9. The molecule has 0 atom stereocenters. The molecule has 16 heteroatoms. The SMILES string of the molecule is CN(CC1CCN(C(=O)OC(C)(C)C)CC1)c1cc(NCCc2cccnc2)ncn1.CN(CC1CCN(C(=O)OC(C)(C)C)CC1)c1cc(NCc2cccnc2)ncn1. The summed E-state index contributed by atoms with van der Waals surface area (Å²) < 4.78 is 11.0. The van der Waals surface area contributed by atoms with E-state index in [1.54, 1.807) is 25.0 Å². The maximum absolute atomic E-state index is 12.2. The molecule has 330 valence electrons. The number of anilines is 4. The average Bonchev–Trinajstić information content (AvgIpc) is 3.23. The summed E-state index contributed by atoms with van der Waals surface area (Å²) in [5, 5.41) is 6.69. The summed E-state index contributed by atoms with van der Waals surface area (Å²) in [5.74, 6) is 4.41. The van der Waals surface area contributed by atoms with Crippen LogP contribution in [0.1, 0.15) is 78.4 Å². The van der Waals surface area contributed by atoms with Gasteiger partial charge in [-0.2, -0.15) is 0 Å². The van der Waals surface area contributed by atoms with E-state index in [1.165, 1.54) is 5.56 Å². The van der Waals surface area contributed by atoms with Crippen molar-refractivity contribution >= 4 is 35.5 Å². The van der Waals surface area contributed by atoms with E-state index in [-0.39, 0.29) is 12.2 Å². The Morgan fingerprint density at radius 1 is 0.672 bits per heavy atom. The van der Waals surface area contributed by atoms with Crippen molar-refractivity contribution in [3.63, 3.8) is 0 Å². The Balaban J connectivity index is 0.000000231. The van der Waals surface area contributed by atoms with E-state index in [1.807, 2.05) is 101 Å². The molecule has 0 bridgehead atoms. The van der Waals surface area contributed by atoms with Gasteiger partial charge in [0, 0.05) is 103 Å². The highest BCUT2D eigenvalue weighted by Gasteiger charge is 2.29. The van der Waals surface area contributed by atoms with Crippen molar-refractivity contribution in [1.82, 2.24) is 39.7 Å². The number of pyridine rings is 2. The van der Waals surface area contributed by atoms with Crippen molar-refractivity contribution in [2.45, 2.75) is 91.4 Å². The summed E-state index contributed by atoms with van der Waals surface area (Å²) in [6.45, 7) is 17.6. The summed E-state index contributed by atoms with van der Waals surface area (Å²) >= 11 is 0. The van der Waals surface area contributed by atoms with Crippen molar-refractivity contribution < 1.29 is 19.1 Å². The van der Waals surface area contributed by atoms with Gasteiger partial charge in [-0.25, -0.2) is 29.5 Å². The van der Waals surface area contributed by atoms with Gasteiger partial charge < -0.3 is 39.7 Å². The number of ether oxygens (including phenoxy) is 2. The molecule has 2 aliphatic rings. The highest BCUT2D eigenvalue weighted by Crippen LogP contribution is 2.24. The smallest absolute Gasteiger partial charge is 0.410 e. The topological polar surface area (TPSA) is 167 Å². The van der Waals surface area contributed by atoms with Crippen molar-refractivity contribution in [1.29, 1.82) is 0 Å². The standard InChI is InChI=1S/C23H34N6O2.C22H32N6O2/c1-23(2,3)31-22(30)29-12-8-19(9-13-29)16-28(4)21-14-20(26-17-27-21)25-11-7-18-6-5-10-24-15-18;1-22(2,3)30-21(29)28-10-7-17(8-11-28)15-27(4)20-12-19(25-16-26-20)24-14-18-6-5-9-23-13-18/h5-6,10,14-15,17,19H,7-9,11-13,16H2,1-4H3,(H,25,26,27);5-6,9,12-13,16-17H,7-8,10-11,14-15H2,1-4H3,(H,24,25,26). The second kappa shape index (κ2) is 22.2. The summed E-state index contributed by atoms with van der Waals surface area (Å²) in [6.07, 6.45) is 14.8. The average molecular weight is 839 g/mol. The maximum Gasteiger partial charge on any atom is 0.410 e. The Kier molecular flexibility index (Phi) is 16.8. The Bertz CT molecular complexity index is 1930. The minimum Gasteiger partial charge on any atom is -0.444 e. The van der Waals surface area contributed by atoms with Gasteiger partial charge in [0.05, 0.1) is 0 Å². The minimum atomic E-state index is -0.454. The third-order valence-corrected chi connectivity index (χ3v) is 10.3. The molecular formula is C45H66N12O4. The molecule has 6 heterocycles. The van der Waals surface area contributed by atoms with Gasteiger partial charge >= 0.3 is 12.2 Å². The number of carbonyl (C=O) groups excluding carboxylic acids is 2. The van der Waals surface area contributed by atoms with Gasteiger partial charge in [-0.05, 0) is 109 Å². The number of hydrogen-bond donors (Lipinski definition) is 2. The number of rotatable bonds is 13. The zero-order chi connectivity index (χ0) is 43.8. The van der Waals surface area contributed by atoms with E-state index in [2.05, 4.69) is 63.5 Å². The van der Waals surface area contributed by atoms with Crippen molar-refractivity contribution in [2.75, 3.05) is 80.3 Å². The zero-order valence-electron chi connectivity index (χ0n) is 37.4. The highest BCUT2D eigenvalue weighted by atomic mass is 16.6. The number of nitrogens with one attached hydrogen (secondary N) is 2. The lowest BCUT2D eigenvalue weighted by atomic mass is 9.96. The van der Waals surface area contributed by atoms with Crippen LogP contribution < -0.4 is 20.4 Å². The molecule has 16 nitrogen and oxygen atoms in total. The Hall–Kier alpha value is -5.80. The molecule has 0 aliphatic carbocycles. The van der Waals surface area contributed by atoms with Crippen molar-refractivity contribution in [3.8, 4) is 0 Å². The van der Waals surface area contributed by atoms with E-state index >= 15 is 0 Å². The highest BCUT2D eigenvalue weighted by molar-refractivity contribution is 5.68. The molecule has 2 saturated heterocycles. The van der Waals surface area contributed by atoms with E-state index < -0.39 is 11.2 Å². The summed E-state index contributed by atoms with van der Waals surface area (Å²) in [5.41, 5.74) is 1.39. The van der Waals surface area contributed by atoms with Gasteiger partial charge in [-0.3, -0.25) is 9.97 Å². The second-order valence-electron chi connectivity index (χ2n) is 17.9. The van der Waals surface area contributed by atoms with Crippen LogP contribution in [0.3, 0.4) is 0 Å². The van der Waals surface area contributed by atoms with Crippen LogP contribution in [-0.4, -0.2) is 123 Å². The molecule has 6 rings (SSSR count). The number of piperidine rings is 2. The Morgan fingerprint density at radius 3 is 1.54 bits per heavy atom. The molecule has 0 unspecified atom stereocenters. The van der Waals surface area contributed by atoms with Crippen LogP contribution in [0.15, 0.2) is 73.8 Å². The first kappa shape index (κ1) is 46.3. The fourth-order valence-electron chi connectivity index (χ4n) is 7.09. The van der Waals surface area contributed by atoms with Gasteiger partial charge in [0.2, 0.25) is 0 Å². The molecule has 0 aromatic carbocycles. The van der Waals surface area contributed by atoms with Gasteiger partial charge in [0.1, 0.15) is 47.1 Å². The van der Waals surface area contributed by atoms with Gasteiger partial charge in [-0.15, -0.1) is 0 Å². The number of likely N-dealkylation sites (tertiary alicyclic amines) is 2. The number of amides is 2. The number of carbonyl (C=O) groups is 2. The first-order valence-corrected chi connectivity index (χ1v) is 21.4. The van der Waals surface area contributed by atoms with Gasteiger partial charge in [0.25, 0.3) is 0 Å². The predicted molar refractivity (Wildman–Crippen MR) is 240 cm³/mol. The van der Waals surface area contributed by atoms with E-state index in [4.69, 9.17) is 9.47 Å².